The van der Waals surface area contributed by atoms with Crippen molar-refractivity contribution in [1.29, 1.82) is 0 Å². The van der Waals surface area contributed by atoms with Crippen LogP contribution in [0.15, 0.2) is 0 Å². The summed E-state index contributed by atoms with van der Waals surface area (Å²) in [5, 5.41) is 0. The molecule has 1 saturated heterocycles. The van der Waals surface area contributed by atoms with E-state index in [1.165, 1.54) is 39.2 Å². The van der Waals surface area contributed by atoms with Crippen LogP contribution in [0.2, 0.25) is 0 Å². The van der Waals surface area contributed by atoms with Crippen LogP contribution in [0.1, 0.15) is 38.5 Å². The van der Waals surface area contributed by atoms with E-state index >= 15 is 0 Å². The average Bonchev–Trinajstić information content (AvgIpc) is 2.79. The fourth-order valence-electron chi connectivity index (χ4n) is 3.56. The van der Waals surface area contributed by atoms with E-state index in [-0.39, 0.29) is 17.7 Å². The first-order valence-corrected chi connectivity index (χ1v) is 5.50. The molecule has 1 heterocycles. The number of fused-ring (bicyclic) bond motifs is 1. The largest absolute Gasteiger partial charge is 0.467 e. The topological polar surface area (TPSA) is 38.8 Å². The molecule has 3 heteroatoms. The van der Waals surface area contributed by atoms with Gasteiger partial charge in [-0.3, -0.25) is 0 Å². The molecule has 2 aliphatic carbocycles. The summed E-state index contributed by atoms with van der Waals surface area (Å²) in [5.74, 6) is -0.170. The van der Waals surface area contributed by atoms with Crippen LogP contribution in [0.25, 0.3) is 0 Å². The molecule has 0 amide bonds. The average molecular weight is 196 g/mol. The molecule has 78 valence electrons. The maximum atomic E-state index is 11.4. The molecule has 1 aliphatic heterocycles. The summed E-state index contributed by atoms with van der Waals surface area (Å²) in [4.78, 5) is 11.4. The summed E-state index contributed by atoms with van der Waals surface area (Å²) in [6.07, 6.45) is 7.19. The molecule has 3 nitrogen and oxygen atoms in total. The van der Waals surface area contributed by atoms with Gasteiger partial charge in [0.15, 0.2) is 6.10 Å². The second-order valence-electron chi connectivity index (χ2n) is 4.90. The van der Waals surface area contributed by atoms with Crippen LogP contribution in [0, 0.1) is 5.41 Å². The number of rotatable bonds is 1. The van der Waals surface area contributed by atoms with E-state index in [0.717, 1.165) is 6.42 Å². The van der Waals surface area contributed by atoms with Gasteiger partial charge in [-0.1, -0.05) is 12.8 Å². The van der Waals surface area contributed by atoms with Crippen molar-refractivity contribution in [3.05, 3.63) is 0 Å². The monoisotopic (exact) mass is 196 g/mol. The molecule has 3 aliphatic rings. The fourth-order valence-corrected chi connectivity index (χ4v) is 3.56. The third-order valence-electron chi connectivity index (χ3n) is 4.54. The summed E-state index contributed by atoms with van der Waals surface area (Å²) in [7, 11) is 1.44. The number of methoxy groups -OCH3 is 1. The highest BCUT2D eigenvalue weighted by Crippen LogP contribution is 2.70. The van der Waals surface area contributed by atoms with Crippen molar-refractivity contribution < 1.29 is 14.3 Å². The second-order valence-corrected chi connectivity index (χ2v) is 4.90. The van der Waals surface area contributed by atoms with Gasteiger partial charge in [0.2, 0.25) is 0 Å². The second kappa shape index (κ2) is 2.51. The standard InChI is InChI=1S/C11H16O3/c1-13-9(12)8-11(14-8)7-6-10(11)4-2-3-5-10/h8H,2-7H2,1H3. The summed E-state index contributed by atoms with van der Waals surface area (Å²) in [5.41, 5.74) is 0.266. The van der Waals surface area contributed by atoms with Gasteiger partial charge in [-0.05, 0) is 25.7 Å². The summed E-state index contributed by atoms with van der Waals surface area (Å²) < 4.78 is 10.4. The molecule has 2 saturated carbocycles. The van der Waals surface area contributed by atoms with Crippen molar-refractivity contribution in [2.24, 2.45) is 5.41 Å². The lowest BCUT2D eigenvalue weighted by Crippen LogP contribution is -2.49. The van der Waals surface area contributed by atoms with Crippen LogP contribution in [0.5, 0.6) is 0 Å². The highest BCUT2D eigenvalue weighted by Gasteiger charge is 2.77. The minimum Gasteiger partial charge on any atom is -0.467 e. The van der Waals surface area contributed by atoms with E-state index in [2.05, 4.69) is 0 Å². The van der Waals surface area contributed by atoms with Gasteiger partial charge in [-0.2, -0.15) is 0 Å². The maximum absolute atomic E-state index is 11.4. The number of carbonyl (C=O) groups excluding carboxylic acids is 1. The molecular formula is C11H16O3. The Balaban J connectivity index is 1.78. The lowest BCUT2D eigenvalue weighted by atomic mass is 9.57. The van der Waals surface area contributed by atoms with E-state index in [1.807, 2.05) is 0 Å². The third-order valence-corrected chi connectivity index (χ3v) is 4.54. The summed E-state index contributed by atoms with van der Waals surface area (Å²) in [6, 6.07) is 0. The molecule has 2 atom stereocenters. The predicted molar refractivity (Wildman–Crippen MR) is 49.8 cm³/mol. The van der Waals surface area contributed by atoms with Gasteiger partial charge in [-0.15, -0.1) is 0 Å². The Morgan fingerprint density at radius 1 is 1.29 bits per heavy atom. The first-order chi connectivity index (χ1) is 6.74. The Labute approximate surface area is 83.8 Å². The van der Waals surface area contributed by atoms with Gasteiger partial charge in [0, 0.05) is 5.41 Å². The van der Waals surface area contributed by atoms with Gasteiger partial charge < -0.3 is 9.47 Å². The number of hydrogen-bond acceptors (Lipinski definition) is 3. The van der Waals surface area contributed by atoms with E-state index in [1.54, 1.807) is 0 Å². The van der Waals surface area contributed by atoms with E-state index in [9.17, 15) is 4.79 Å². The molecule has 0 radical (unpaired) electrons. The van der Waals surface area contributed by atoms with Crippen molar-refractivity contribution in [2.45, 2.75) is 50.2 Å². The molecule has 3 fully saturated rings. The van der Waals surface area contributed by atoms with Crippen LogP contribution in [-0.4, -0.2) is 24.8 Å². The SMILES string of the molecule is COC(=O)C1OC12CCC21CCCC1. The molecule has 2 spiro atoms. The molecule has 0 N–H and O–H groups in total. The summed E-state index contributed by atoms with van der Waals surface area (Å²) >= 11 is 0. The van der Waals surface area contributed by atoms with Gasteiger partial charge in [0.1, 0.15) is 5.60 Å². The Hall–Kier alpha value is -0.570. The Kier molecular flexibility index (Phi) is 1.56. The lowest BCUT2D eigenvalue weighted by molar-refractivity contribution is -0.142. The molecule has 2 unspecified atom stereocenters. The molecule has 0 aromatic carbocycles. The van der Waals surface area contributed by atoms with Gasteiger partial charge >= 0.3 is 5.97 Å². The minimum atomic E-state index is -0.237. The van der Waals surface area contributed by atoms with Crippen molar-refractivity contribution in [3.8, 4) is 0 Å². The minimum absolute atomic E-state index is 0.0867. The zero-order valence-electron chi connectivity index (χ0n) is 8.54. The number of hydrogen-bond donors (Lipinski definition) is 0. The first kappa shape index (κ1) is 8.72. The number of epoxide rings is 1. The molecule has 0 bridgehead atoms. The number of ether oxygens (including phenoxy) is 2. The lowest BCUT2D eigenvalue weighted by Gasteiger charge is -2.45. The molecule has 3 rings (SSSR count). The predicted octanol–water partition coefficient (Wildman–Crippen LogP) is 1.65. The smallest absolute Gasteiger partial charge is 0.338 e. The zero-order valence-corrected chi connectivity index (χ0v) is 8.54. The van der Waals surface area contributed by atoms with Crippen molar-refractivity contribution in [2.75, 3.05) is 7.11 Å². The van der Waals surface area contributed by atoms with Crippen LogP contribution in [0.4, 0.5) is 0 Å². The Bertz CT molecular complexity index is 280. The van der Waals surface area contributed by atoms with Crippen molar-refractivity contribution in [1.82, 2.24) is 0 Å². The van der Waals surface area contributed by atoms with Gasteiger partial charge in [0.25, 0.3) is 0 Å². The number of esters is 1. The number of carbonyl (C=O) groups is 1. The van der Waals surface area contributed by atoms with Crippen LogP contribution in [-0.2, 0) is 14.3 Å². The molecule has 14 heavy (non-hydrogen) atoms. The van der Waals surface area contributed by atoms with E-state index in [4.69, 9.17) is 9.47 Å². The fraction of sp³-hybridized carbons (Fsp3) is 0.909. The van der Waals surface area contributed by atoms with Crippen molar-refractivity contribution in [3.63, 3.8) is 0 Å². The quantitative estimate of drug-likeness (QED) is 0.473. The third kappa shape index (κ3) is 0.800. The van der Waals surface area contributed by atoms with Crippen LogP contribution < -0.4 is 0 Å². The van der Waals surface area contributed by atoms with Crippen LogP contribution in [0.3, 0.4) is 0 Å². The van der Waals surface area contributed by atoms with Gasteiger partial charge in [0.05, 0.1) is 7.11 Å². The normalized spacial score (nSPS) is 42.5. The Morgan fingerprint density at radius 2 is 2.00 bits per heavy atom. The molecule has 0 aromatic heterocycles. The first-order valence-electron chi connectivity index (χ1n) is 5.50. The Morgan fingerprint density at radius 3 is 2.50 bits per heavy atom. The van der Waals surface area contributed by atoms with Crippen molar-refractivity contribution >= 4 is 5.97 Å². The zero-order chi connectivity index (χ0) is 9.81. The van der Waals surface area contributed by atoms with Gasteiger partial charge in [-0.25, -0.2) is 4.79 Å². The molecular weight excluding hydrogens is 180 g/mol. The molecule has 0 aromatic rings. The van der Waals surface area contributed by atoms with E-state index < -0.39 is 0 Å². The van der Waals surface area contributed by atoms with E-state index in [0.29, 0.717) is 5.41 Å². The van der Waals surface area contributed by atoms with Crippen LogP contribution >= 0.6 is 0 Å². The maximum Gasteiger partial charge on any atom is 0.338 e. The highest BCUT2D eigenvalue weighted by atomic mass is 16.7. The highest BCUT2D eigenvalue weighted by molar-refractivity contribution is 5.80. The summed E-state index contributed by atoms with van der Waals surface area (Å²) in [6.45, 7) is 0.